The maximum absolute atomic E-state index is 13.0. The first-order chi connectivity index (χ1) is 15.2. The monoisotopic (exact) mass is 475 g/mol. The van der Waals surface area contributed by atoms with E-state index >= 15 is 0 Å². The Bertz CT molecular complexity index is 1040. The van der Waals surface area contributed by atoms with Gasteiger partial charge < -0.3 is 10.2 Å². The van der Waals surface area contributed by atoms with E-state index in [1.165, 1.54) is 11.9 Å². The molecule has 4 amide bonds. The summed E-state index contributed by atoms with van der Waals surface area (Å²) in [7, 11) is 1.50. The number of fused-ring (bicyclic) bond motifs is 1. The van der Waals surface area contributed by atoms with Crippen molar-refractivity contribution in [3.63, 3.8) is 0 Å². The van der Waals surface area contributed by atoms with Gasteiger partial charge in [-0.2, -0.15) is 0 Å². The SMILES string of the molecule is CNC(=O)C(C)N(Cc1ccc(Cl)c(Cl)c1)C(=O)CCCN1C(=O)c2ccccc2C1=O. The number of rotatable bonds is 8. The second-order valence-electron chi connectivity index (χ2n) is 7.47. The van der Waals surface area contributed by atoms with Crippen molar-refractivity contribution in [1.29, 1.82) is 0 Å². The van der Waals surface area contributed by atoms with E-state index in [1.807, 2.05) is 0 Å². The van der Waals surface area contributed by atoms with Crippen LogP contribution in [0.5, 0.6) is 0 Å². The number of carbonyl (C=O) groups excluding carboxylic acids is 4. The molecule has 1 N–H and O–H groups in total. The zero-order valence-corrected chi connectivity index (χ0v) is 19.2. The zero-order chi connectivity index (χ0) is 23.4. The predicted molar refractivity (Wildman–Crippen MR) is 122 cm³/mol. The lowest BCUT2D eigenvalue weighted by atomic mass is 10.1. The van der Waals surface area contributed by atoms with E-state index in [1.54, 1.807) is 49.4 Å². The Kier molecular flexibility index (Phi) is 7.53. The van der Waals surface area contributed by atoms with Gasteiger partial charge in [-0.3, -0.25) is 24.1 Å². The number of hydrogen-bond donors (Lipinski definition) is 1. The first-order valence-corrected chi connectivity index (χ1v) is 10.9. The smallest absolute Gasteiger partial charge is 0.261 e. The summed E-state index contributed by atoms with van der Waals surface area (Å²) >= 11 is 12.1. The Labute approximate surface area is 196 Å². The van der Waals surface area contributed by atoms with Crippen LogP contribution < -0.4 is 5.32 Å². The number of imide groups is 1. The van der Waals surface area contributed by atoms with Crippen LogP contribution in [0.3, 0.4) is 0 Å². The summed E-state index contributed by atoms with van der Waals surface area (Å²) in [5.41, 5.74) is 1.47. The quantitative estimate of drug-likeness (QED) is 0.591. The lowest BCUT2D eigenvalue weighted by Crippen LogP contribution is -2.46. The zero-order valence-electron chi connectivity index (χ0n) is 17.7. The highest BCUT2D eigenvalue weighted by molar-refractivity contribution is 6.42. The minimum atomic E-state index is -0.721. The molecule has 0 radical (unpaired) electrons. The molecule has 1 aliphatic rings. The fraction of sp³-hybridized carbons (Fsp3) is 0.304. The number of benzene rings is 2. The Balaban J connectivity index is 1.67. The molecule has 9 heteroatoms. The highest BCUT2D eigenvalue weighted by atomic mass is 35.5. The van der Waals surface area contributed by atoms with Crippen molar-refractivity contribution < 1.29 is 19.2 Å². The van der Waals surface area contributed by atoms with Gasteiger partial charge >= 0.3 is 0 Å². The lowest BCUT2D eigenvalue weighted by molar-refractivity contribution is -0.140. The van der Waals surface area contributed by atoms with E-state index in [0.29, 0.717) is 21.2 Å². The van der Waals surface area contributed by atoms with E-state index in [-0.39, 0.29) is 49.6 Å². The molecule has 168 valence electrons. The molecule has 0 aliphatic carbocycles. The second kappa shape index (κ2) is 10.1. The predicted octanol–water partition coefficient (Wildman–Crippen LogP) is 3.53. The summed E-state index contributed by atoms with van der Waals surface area (Å²) in [6.07, 6.45) is 0.346. The maximum Gasteiger partial charge on any atom is 0.261 e. The third kappa shape index (κ3) is 4.95. The molecule has 0 bridgehead atoms. The molecular formula is C23H23Cl2N3O4. The summed E-state index contributed by atoms with van der Waals surface area (Å²) in [6.45, 7) is 1.92. The minimum absolute atomic E-state index is 0.0655. The molecule has 1 heterocycles. The highest BCUT2D eigenvalue weighted by Crippen LogP contribution is 2.25. The fourth-order valence-electron chi connectivity index (χ4n) is 3.60. The average Bonchev–Trinajstić information content (AvgIpc) is 3.03. The van der Waals surface area contributed by atoms with Crippen molar-refractivity contribution >= 4 is 46.8 Å². The van der Waals surface area contributed by atoms with Gasteiger partial charge in [-0.25, -0.2) is 0 Å². The third-order valence-electron chi connectivity index (χ3n) is 5.40. The van der Waals surface area contributed by atoms with Crippen molar-refractivity contribution in [1.82, 2.24) is 15.1 Å². The number of hydrogen-bond acceptors (Lipinski definition) is 4. The first-order valence-electron chi connectivity index (χ1n) is 10.1. The number of likely N-dealkylation sites (N-methyl/N-ethyl adjacent to an activating group) is 1. The molecule has 1 unspecified atom stereocenters. The second-order valence-corrected chi connectivity index (χ2v) is 8.29. The molecule has 1 aliphatic heterocycles. The van der Waals surface area contributed by atoms with E-state index < -0.39 is 6.04 Å². The molecule has 2 aromatic carbocycles. The maximum atomic E-state index is 13.0. The highest BCUT2D eigenvalue weighted by Gasteiger charge is 2.35. The summed E-state index contributed by atoms with van der Waals surface area (Å²) in [4.78, 5) is 52.8. The molecule has 1 atom stereocenters. The van der Waals surface area contributed by atoms with Crippen molar-refractivity contribution in [3.8, 4) is 0 Å². The van der Waals surface area contributed by atoms with Crippen LogP contribution in [0.4, 0.5) is 0 Å². The largest absolute Gasteiger partial charge is 0.357 e. The van der Waals surface area contributed by atoms with Crippen molar-refractivity contribution in [3.05, 3.63) is 69.2 Å². The normalized spacial score (nSPS) is 13.7. The van der Waals surface area contributed by atoms with Crippen LogP contribution in [-0.4, -0.2) is 53.1 Å². The van der Waals surface area contributed by atoms with Crippen LogP contribution in [0, 0.1) is 0 Å². The fourth-order valence-corrected chi connectivity index (χ4v) is 3.92. The van der Waals surface area contributed by atoms with Crippen LogP contribution in [-0.2, 0) is 16.1 Å². The Morgan fingerprint density at radius 1 is 1.03 bits per heavy atom. The Morgan fingerprint density at radius 2 is 1.66 bits per heavy atom. The molecule has 0 aromatic heterocycles. The molecule has 3 rings (SSSR count). The van der Waals surface area contributed by atoms with Gasteiger partial charge in [0.15, 0.2) is 0 Å². The van der Waals surface area contributed by atoms with Crippen LogP contribution in [0.2, 0.25) is 10.0 Å². The molecule has 7 nitrogen and oxygen atoms in total. The van der Waals surface area contributed by atoms with Crippen LogP contribution in [0.25, 0.3) is 0 Å². The van der Waals surface area contributed by atoms with Gasteiger partial charge in [0, 0.05) is 26.6 Å². The van der Waals surface area contributed by atoms with Gasteiger partial charge in [-0.1, -0.05) is 41.4 Å². The van der Waals surface area contributed by atoms with Crippen molar-refractivity contribution in [2.75, 3.05) is 13.6 Å². The van der Waals surface area contributed by atoms with Gasteiger partial charge in [0.25, 0.3) is 11.8 Å². The van der Waals surface area contributed by atoms with E-state index in [2.05, 4.69) is 5.32 Å². The van der Waals surface area contributed by atoms with Crippen molar-refractivity contribution in [2.45, 2.75) is 32.4 Å². The van der Waals surface area contributed by atoms with Crippen molar-refractivity contribution in [2.24, 2.45) is 0 Å². The number of nitrogens with one attached hydrogen (secondary N) is 1. The molecule has 0 saturated heterocycles. The Hall–Kier alpha value is -2.90. The number of nitrogens with zero attached hydrogens (tertiary/aromatic N) is 2. The minimum Gasteiger partial charge on any atom is -0.357 e. The van der Waals surface area contributed by atoms with Gasteiger partial charge in [0.05, 0.1) is 21.2 Å². The molecule has 0 spiro atoms. The van der Waals surface area contributed by atoms with E-state index in [9.17, 15) is 19.2 Å². The summed E-state index contributed by atoms with van der Waals surface area (Å²) < 4.78 is 0. The lowest BCUT2D eigenvalue weighted by Gasteiger charge is -2.28. The number of halogens is 2. The van der Waals surface area contributed by atoms with Gasteiger partial charge in [-0.05, 0) is 43.2 Å². The van der Waals surface area contributed by atoms with Crippen LogP contribution >= 0.6 is 23.2 Å². The standard InChI is InChI=1S/C23H23Cl2N3O4/c1-14(21(30)26-2)28(13-15-9-10-18(24)19(25)12-15)20(29)8-5-11-27-22(31)16-6-3-4-7-17(16)23(27)32/h3-4,6-7,9-10,12,14H,5,8,11,13H2,1-2H3,(H,26,30). The first kappa shape index (κ1) is 23.8. The third-order valence-corrected chi connectivity index (χ3v) is 6.14. The number of amides is 4. The molecule has 32 heavy (non-hydrogen) atoms. The van der Waals surface area contributed by atoms with Gasteiger partial charge in [-0.15, -0.1) is 0 Å². The number of carbonyl (C=O) groups is 4. The van der Waals surface area contributed by atoms with Crippen LogP contribution in [0.1, 0.15) is 46.0 Å². The molecule has 0 saturated carbocycles. The van der Waals surface area contributed by atoms with Gasteiger partial charge in [0.2, 0.25) is 11.8 Å². The molecule has 2 aromatic rings. The summed E-state index contributed by atoms with van der Waals surface area (Å²) in [5, 5.41) is 3.30. The average molecular weight is 476 g/mol. The van der Waals surface area contributed by atoms with E-state index in [0.717, 1.165) is 10.5 Å². The van der Waals surface area contributed by atoms with E-state index in [4.69, 9.17) is 23.2 Å². The molecule has 0 fully saturated rings. The Morgan fingerprint density at radius 3 is 2.22 bits per heavy atom. The van der Waals surface area contributed by atoms with Gasteiger partial charge in [0.1, 0.15) is 6.04 Å². The summed E-state index contributed by atoms with van der Waals surface area (Å²) in [6, 6.07) is 10.9. The summed E-state index contributed by atoms with van der Waals surface area (Å²) in [5.74, 6) is -1.29. The van der Waals surface area contributed by atoms with Crippen LogP contribution in [0.15, 0.2) is 42.5 Å². The molecular weight excluding hydrogens is 453 g/mol. The topological polar surface area (TPSA) is 86.8 Å².